The first kappa shape index (κ1) is 18.4. The summed E-state index contributed by atoms with van der Waals surface area (Å²) in [7, 11) is 0. The van der Waals surface area contributed by atoms with Crippen molar-refractivity contribution in [3.8, 4) is 0 Å². The number of nitrogens with zero attached hydrogens (tertiary/aromatic N) is 1. The fourth-order valence-electron chi connectivity index (χ4n) is 2.18. The monoisotopic (exact) mass is 270 g/mol. The standard InChI is InChI=1S/C16H34N2O/c1-5-7-9-11-13-18(14-12-10-8-6-2)15(19)16(3,4)17/h5-14,17H2,1-4H3. The van der Waals surface area contributed by atoms with E-state index in [1.807, 2.05) is 4.90 Å². The first-order valence-corrected chi connectivity index (χ1v) is 8.01. The van der Waals surface area contributed by atoms with Gasteiger partial charge in [-0.25, -0.2) is 0 Å². The van der Waals surface area contributed by atoms with E-state index < -0.39 is 5.54 Å². The van der Waals surface area contributed by atoms with Gasteiger partial charge in [-0.3, -0.25) is 4.79 Å². The van der Waals surface area contributed by atoms with Crippen LogP contribution in [0.1, 0.15) is 79.1 Å². The van der Waals surface area contributed by atoms with Crippen LogP contribution in [0.5, 0.6) is 0 Å². The molecule has 0 aliphatic heterocycles. The van der Waals surface area contributed by atoms with E-state index in [0.717, 1.165) is 25.9 Å². The third-order valence-electron chi connectivity index (χ3n) is 3.40. The van der Waals surface area contributed by atoms with Crippen molar-refractivity contribution in [1.29, 1.82) is 0 Å². The van der Waals surface area contributed by atoms with Crippen LogP contribution in [-0.4, -0.2) is 29.4 Å². The van der Waals surface area contributed by atoms with Gasteiger partial charge in [0.25, 0.3) is 0 Å². The summed E-state index contributed by atoms with van der Waals surface area (Å²) >= 11 is 0. The Morgan fingerprint density at radius 1 is 0.895 bits per heavy atom. The van der Waals surface area contributed by atoms with Crippen LogP contribution in [0.25, 0.3) is 0 Å². The van der Waals surface area contributed by atoms with Gasteiger partial charge in [-0.15, -0.1) is 0 Å². The highest BCUT2D eigenvalue weighted by molar-refractivity contribution is 5.85. The SMILES string of the molecule is CCCCCCN(CCCCCC)C(=O)C(C)(C)N. The average molecular weight is 270 g/mol. The van der Waals surface area contributed by atoms with Gasteiger partial charge in [0.15, 0.2) is 0 Å². The summed E-state index contributed by atoms with van der Waals surface area (Å²) in [5.41, 5.74) is 5.21. The molecule has 3 heteroatoms. The first-order valence-electron chi connectivity index (χ1n) is 8.01. The number of carbonyl (C=O) groups excluding carboxylic acids is 1. The highest BCUT2D eigenvalue weighted by Gasteiger charge is 2.27. The molecule has 2 N–H and O–H groups in total. The van der Waals surface area contributed by atoms with Crippen molar-refractivity contribution in [2.75, 3.05) is 13.1 Å². The molecule has 0 aliphatic rings. The highest BCUT2D eigenvalue weighted by atomic mass is 16.2. The van der Waals surface area contributed by atoms with Crippen molar-refractivity contribution >= 4 is 5.91 Å². The quantitative estimate of drug-likeness (QED) is 0.582. The van der Waals surface area contributed by atoms with E-state index in [4.69, 9.17) is 5.73 Å². The Morgan fingerprint density at radius 3 is 1.63 bits per heavy atom. The molecule has 19 heavy (non-hydrogen) atoms. The van der Waals surface area contributed by atoms with Crippen molar-refractivity contribution < 1.29 is 4.79 Å². The molecule has 0 bridgehead atoms. The number of unbranched alkanes of at least 4 members (excludes halogenated alkanes) is 6. The van der Waals surface area contributed by atoms with Crippen LogP contribution < -0.4 is 5.73 Å². The molecule has 0 fully saturated rings. The first-order chi connectivity index (χ1) is 8.93. The van der Waals surface area contributed by atoms with Crippen LogP contribution in [0.15, 0.2) is 0 Å². The Hall–Kier alpha value is -0.570. The molecule has 0 radical (unpaired) electrons. The molecular formula is C16H34N2O. The maximum absolute atomic E-state index is 12.3. The summed E-state index contributed by atoms with van der Waals surface area (Å²) in [4.78, 5) is 14.3. The Kier molecular flexibility index (Phi) is 9.94. The molecule has 0 aromatic carbocycles. The summed E-state index contributed by atoms with van der Waals surface area (Å²) in [5.74, 6) is 0.0977. The van der Waals surface area contributed by atoms with Gasteiger partial charge >= 0.3 is 0 Å². The third kappa shape index (κ3) is 9.04. The summed E-state index contributed by atoms with van der Waals surface area (Å²) in [6.07, 6.45) is 9.58. The van der Waals surface area contributed by atoms with Crippen LogP contribution in [-0.2, 0) is 4.79 Å². The molecule has 0 atom stereocenters. The average Bonchev–Trinajstić information content (AvgIpc) is 2.35. The lowest BCUT2D eigenvalue weighted by Crippen LogP contribution is -2.51. The predicted octanol–water partition coefficient (Wildman–Crippen LogP) is 3.71. The molecule has 0 aliphatic carbocycles. The zero-order valence-corrected chi connectivity index (χ0v) is 13.5. The molecule has 0 unspecified atom stereocenters. The van der Waals surface area contributed by atoms with E-state index in [9.17, 15) is 4.79 Å². The fourth-order valence-corrected chi connectivity index (χ4v) is 2.18. The molecule has 3 nitrogen and oxygen atoms in total. The third-order valence-corrected chi connectivity index (χ3v) is 3.40. The molecule has 0 aromatic rings. The minimum atomic E-state index is -0.741. The molecule has 0 aromatic heterocycles. The topological polar surface area (TPSA) is 46.3 Å². The van der Waals surface area contributed by atoms with E-state index >= 15 is 0 Å². The Balaban J connectivity index is 4.18. The van der Waals surface area contributed by atoms with Crippen LogP contribution in [0.4, 0.5) is 0 Å². The van der Waals surface area contributed by atoms with E-state index in [1.54, 1.807) is 13.8 Å². The minimum absolute atomic E-state index is 0.0977. The summed E-state index contributed by atoms with van der Waals surface area (Å²) in [6.45, 7) is 9.76. The second-order valence-corrected chi connectivity index (χ2v) is 6.14. The Labute approximate surface area is 119 Å². The Morgan fingerprint density at radius 2 is 1.32 bits per heavy atom. The zero-order valence-electron chi connectivity index (χ0n) is 13.5. The summed E-state index contributed by atoms with van der Waals surface area (Å²) in [6, 6.07) is 0. The molecule has 0 saturated carbocycles. The van der Waals surface area contributed by atoms with Crippen molar-refractivity contribution in [3.63, 3.8) is 0 Å². The second-order valence-electron chi connectivity index (χ2n) is 6.14. The number of nitrogens with two attached hydrogens (primary N) is 1. The highest BCUT2D eigenvalue weighted by Crippen LogP contribution is 2.10. The van der Waals surface area contributed by atoms with Crippen molar-refractivity contribution in [2.45, 2.75) is 84.6 Å². The van der Waals surface area contributed by atoms with Crippen LogP contribution in [0.2, 0.25) is 0 Å². The van der Waals surface area contributed by atoms with Crippen molar-refractivity contribution in [1.82, 2.24) is 4.90 Å². The zero-order chi connectivity index (χ0) is 14.7. The minimum Gasteiger partial charge on any atom is -0.341 e. The number of hydrogen-bond acceptors (Lipinski definition) is 2. The fraction of sp³-hybridized carbons (Fsp3) is 0.938. The van der Waals surface area contributed by atoms with Crippen molar-refractivity contribution in [2.24, 2.45) is 5.73 Å². The molecule has 0 spiro atoms. The number of hydrogen-bond donors (Lipinski definition) is 1. The van der Waals surface area contributed by atoms with E-state index in [0.29, 0.717) is 0 Å². The molecule has 0 heterocycles. The van der Waals surface area contributed by atoms with Gasteiger partial charge in [-0.1, -0.05) is 52.4 Å². The van der Waals surface area contributed by atoms with Gasteiger partial charge in [0.1, 0.15) is 0 Å². The van der Waals surface area contributed by atoms with E-state index in [-0.39, 0.29) is 5.91 Å². The molecule has 0 saturated heterocycles. The maximum Gasteiger partial charge on any atom is 0.242 e. The van der Waals surface area contributed by atoms with Crippen LogP contribution in [0, 0.1) is 0 Å². The van der Waals surface area contributed by atoms with E-state index in [2.05, 4.69) is 13.8 Å². The van der Waals surface area contributed by atoms with Crippen LogP contribution in [0.3, 0.4) is 0 Å². The molecule has 0 rings (SSSR count). The predicted molar refractivity (Wildman–Crippen MR) is 83.1 cm³/mol. The van der Waals surface area contributed by atoms with Crippen molar-refractivity contribution in [3.05, 3.63) is 0 Å². The molecule has 1 amide bonds. The van der Waals surface area contributed by atoms with Gasteiger partial charge in [0.05, 0.1) is 5.54 Å². The number of amides is 1. The normalized spacial score (nSPS) is 11.6. The lowest BCUT2D eigenvalue weighted by atomic mass is 10.0. The smallest absolute Gasteiger partial charge is 0.242 e. The van der Waals surface area contributed by atoms with Gasteiger partial charge in [0, 0.05) is 13.1 Å². The van der Waals surface area contributed by atoms with Gasteiger partial charge in [-0.2, -0.15) is 0 Å². The largest absolute Gasteiger partial charge is 0.341 e. The molecule has 114 valence electrons. The number of rotatable bonds is 11. The van der Waals surface area contributed by atoms with Crippen LogP contribution >= 0.6 is 0 Å². The number of carbonyl (C=O) groups is 1. The lowest BCUT2D eigenvalue weighted by molar-refractivity contribution is -0.136. The van der Waals surface area contributed by atoms with Gasteiger partial charge in [0.2, 0.25) is 5.91 Å². The lowest BCUT2D eigenvalue weighted by Gasteiger charge is -2.29. The second kappa shape index (κ2) is 10.2. The van der Waals surface area contributed by atoms with Gasteiger partial charge < -0.3 is 10.6 Å². The summed E-state index contributed by atoms with van der Waals surface area (Å²) in [5, 5.41) is 0. The maximum atomic E-state index is 12.3. The Bertz CT molecular complexity index is 221. The summed E-state index contributed by atoms with van der Waals surface area (Å²) < 4.78 is 0. The van der Waals surface area contributed by atoms with E-state index in [1.165, 1.54) is 38.5 Å². The molecular weight excluding hydrogens is 236 g/mol. The van der Waals surface area contributed by atoms with Gasteiger partial charge in [-0.05, 0) is 26.7 Å².